The molecule has 0 saturated carbocycles. The van der Waals surface area contributed by atoms with Crippen LogP contribution in [0.3, 0.4) is 0 Å². The van der Waals surface area contributed by atoms with Crippen LogP contribution in [0.4, 0.5) is 0 Å². The van der Waals surface area contributed by atoms with Crippen LogP contribution in [-0.4, -0.2) is 21.9 Å². The largest absolute Gasteiger partial charge is 0.497 e. The van der Waals surface area contributed by atoms with Gasteiger partial charge in [-0.05, 0) is 30.2 Å². The normalized spacial score (nSPS) is 10.8. The number of hydrogen-bond donors (Lipinski definition) is 0. The zero-order valence-corrected chi connectivity index (χ0v) is 15.0. The van der Waals surface area contributed by atoms with Gasteiger partial charge >= 0.3 is 0 Å². The first kappa shape index (κ1) is 16.6. The Balaban J connectivity index is 1.65. The quantitative estimate of drug-likeness (QED) is 0.636. The minimum Gasteiger partial charge on any atom is -0.497 e. The van der Waals surface area contributed by atoms with E-state index in [1.54, 1.807) is 18.9 Å². The van der Waals surface area contributed by atoms with Crippen LogP contribution < -0.4 is 4.74 Å². The van der Waals surface area contributed by atoms with E-state index in [2.05, 4.69) is 58.1 Å². The van der Waals surface area contributed by atoms with Crippen molar-refractivity contribution in [3.8, 4) is 5.75 Å². The molecule has 1 heterocycles. The van der Waals surface area contributed by atoms with Crippen LogP contribution in [0.1, 0.15) is 22.5 Å². The Morgan fingerprint density at radius 2 is 1.62 bits per heavy atom. The lowest BCUT2D eigenvalue weighted by atomic mass is 10.1. The summed E-state index contributed by atoms with van der Waals surface area (Å²) in [6.07, 6.45) is 0.762. The van der Waals surface area contributed by atoms with Gasteiger partial charge in [-0.25, -0.2) is 0 Å². The lowest BCUT2D eigenvalue weighted by Crippen LogP contribution is -2.00. The Morgan fingerprint density at radius 3 is 2.29 bits per heavy atom. The highest BCUT2D eigenvalue weighted by Gasteiger charge is 2.10. The summed E-state index contributed by atoms with van der Waals surface area (Å²) in [7, 11) is 3.70. The minimum absolute atomic E-state index is 0.762. The molecule has 5 heteroatoms. The fourth-order valence-electron chi connectivity index (χ4n) is 2.38. The van der Waals surface area contributed by atoms with Crippen molar-refractivity contribution in [2.45, 2.75) is 24.3 Å². The summed E-state index contributed by atoms with van der Waals surface area (Å²) >= 11 is 1.71. The van der Waals surface area contributed by atoms with Gasteiger partial charge in [0.15, 0.2) is 5.16 Å². The van der Waals surface area contributed by atoms with Crippen molar-refractivity contribution in [2.24, 2.45) is 7.05 Å². The number of rotatable bonds is 6. The highest BCUT2D eigenvalue weighted by Crippen LogP contribution is 2.22. The Labute approximate surface area is 146 Å². The molecule has 124 valence electrons. The number of ether oxygens (including phenoxy) is 1. The number of methoxy groups -OCH3 is 1. The average molecular weight is 339 g/mol. The number of nitrogens with zero attached hydrogens (tertiary/aromatic N) is 3. The van der Waals surface area contributed by atoms with E-state index >= 15 is 0 Å². The van der Waals surface area contributed by atoms with Crippen LogP contribution >= 0.6 is 11.8 Å². The standard InChI is InChI=1S/C19H21N3OS/c1-14-4-6-16(7-5-14)13-24-19-21-20-18(22(19)2)12-15-8-10-17(23-3)11-9-15/h4-11H,12-13H2,1-3H3. The molecule has 0 spiro atoms. The molecule has 0 aliphatic heterocycles. The molecule has 4 nitrogen and oxygen atoms in total. The van der Waals surface area contributed by atoms with Crippen molar-refractivity contribution in [1.29, 1.82) is 0 Å². The summed E-state index contributed by atoms with van der Waals surface area (Å²) in [4.78, 5) is 0. The van der Waals surface area contributed by atoms with E-state index in [4.69, 9.17) is 4.74 Å². The van der Waals surface area contributed by atoms with Crippen LogP contribution in [-0.2, 0) is 19.2 Å². The molecule has 0 aliphatic carbocycles. The fraction of sp³-hybridized carbons (Fsp3) is 0.263. The third-order valence-corrected chi connectivity index (χ3v) is 5.03. The number of hydrogen-bond acceptors (Lipinski definition) is 4. The van der Waals surface area contributed by atoms with Gasteiger partial charge in [-0.15, -0.1) is 10.2 Å². The van der Waals surface area contributed by atoms with Crippen molar-refractivity contribution in [3.05, 3.63) is 71.0 Å². The second-order valence-electron chi connectivity index (χ2n) is 5.76. The van der Waals surface area contributed by atoms with Crippen molar-refractivity contribution in [3.63, 3.8) is 0 Å². The molecule has 0 unspecified atom stereocenters. The predicted molar refractivity (Wildman–Crippen MR) is 97.5 cm³/mol. The Kier molecular flexibility index (Phi) is 5.20. The maximum absolute atomic E-state index is 5.19. The van der Waals surface area contributed by atoms with Crippen LogP contribution in [0, 0.1) is 6.92 Å². The second-order valence-corrected chi connectivity index (χ2v) is 6.70. The third-order valence-electron chi connectivity index (χ3n) is 3.93. The molecule has 0 saturated heterocycles. The Morgan fingerprint density at radius 1 is 0.958 bits per heavy atom. The topological polar surface area (TPSA) is 39.9 Å². The molecule has 1 aromatic heterocycles. The summed E-state index contributed by atoms with van der Waals surface area (Å²) in [5.41, 5.74) is 3.77. The molecule has 24 heavy (non-hydrogen) atoms. The summed E-state index contributed by atoms with van der Waals surface area (Å²) < 4.78 is 7.26. The summed E-state index contributed by atoms with van der Waals surface area (Å²) in [6.45, 7) is 2.10. The monoisotopic (exact) mass is 339 g/mol. The van der Waals surface area contributed by atoms with Gasteiger partial charge in [-0.1, -0.05) is 53.7 Å². The average Bonchev–Trinajstić information content (AvgIpc) is 2.95. The lowest BCUT2D eigenvalue weighted by molar-refractivity contribution is 0.414. The van der Waals surface area contributed by atoms with Gasteiger partial charge in [0.2, 0.25) is 0 Å². The number of aryl methyl sites for hydroxylation is 1. The molecule has 3 rings (SSSR count). The summed E-state index contributed by atoms with van der Waals surface area (Å²) in [6, 6.07) is 16.7. The first-order valence-corrected chi connectivity index (χ1v) is 8.84. The Hall–Kier alpha value is -2.27. The van der Waals surface area contributed by atoms with Crippen LogP contribution in [0.25, 0.3) is 0 Å². The van der Waals surface area contributed by atoms with E-state index < -0.39 is 0 Å². The first-order chi connectivity index (χ1) is 11.7. The van der Waals surface area contributed by atoms with Gasteiger partial charge in [-0.3, -0.25) is 0 Å². The molecule has 0 fully saturated rings. The molecule has 3 aromatic rings. The van der Waals surface area contributed by atoms with Crippen LogP contribution in [0.2, 0.25) is 0 Å². The number of aromatic nitrogens is 3. The van der Waals surface area contributed by atoms with Gasteiger partial charge in [0, 0.05) is 19.2 Å². The molecule has 0 amide bonds. The molecule has 0 bridgehead atoms. The predicted octanol–water partition coefficient (Wildman–Crippen LogP) is 4.02. The number of benzene rings is 2. The highest BCUT2D eigenvalue weighted by atomic mass is 32.2. The zero-order chi connectivity index (χ0) is 16.9. The summed E-state index contributed by atoms with van der Waals surface area (Å²) in [5, 5.41) is 9.61. The maximum Gasteiger partial charge on any atom is 0.191 e. The van der Waals surface area contributed by atoms with E-state index in [9.17, 15) is 0 Å². The van der Waals surface area contributed by atoms with Crippen molar-refractivity contribution in [2.75, 3.05) is 7.11 Å². The van der Waals surface area contributed by atoms with Crippen molar-refractivity contribution >= 4 is 11.8 Å². The van der Waals surface area contributed by atoms with Crippen LogP contribution in [0.5, 0.6) is 5.75 Å². The molecule has 2 aromatic carbocycles. The molecule has 0 radical (unpaired) electrons. The molecule has 0 aliphatic rings. The van der Waals surface area contributed by atoms with Crippen molar-refractivity contribution < 1.29 is 4.74 Å². The Bertz CT molecular complexity index is 794. The summed E-state index contributed by atoms with van der Waals surface area (Å²) in [5.74, 6) is 2.73. The van der Waals surface area contributed by atoms with Gasteiger partial charge in [0.25, 0.3) is 0 Å². The first-order valence-electron chi connectivity index (χ1n) is 7.85. The lowest BCUT2D eigenvalue weighted by Gasteiger charge is -2.05. The van der Waals surface area contributed by atoms with E-state index in [1.165, 1.54) is 16.7 Å². The van der Waals surface area contributed by atoms with E-state index in [0.717, 1.165) is 28.9 Å². The number of thioether (sulfide) groups is 1. The second kappa shape index (κ2) is 7.53. The third kappa shape index (κ3) is 3.97. The van der Waals surface area contributed by atoms with E-state index in [0.29, 0.717) is 0 Å². The van der Waals surface area contributed by atoms with E-state index in [1.807, 2.05) is 19.2 Å². The van der Waals surface area contributed by atoms with Gasteiger partial charge in [0.05, 0.1) is 7.11 Å². The van der Waals surface area contributed by atoms with E-state index in [-0.39, 0.29) is 0 Å². The van der Waals surface area contributed by atoms with Crippen molar-refractivity contribution in [1.82, 2.24) is 14.8 Å². The van der Waals surface area contributed by atoms with Gasteiger partial charge in [0.1, 0.15) is 11.6 Å². The molecule has 0 N–H and O–H groups in total. The SMILES string of the molecule is COc1ccc(Cc2nnc(SCc3ccc(C)cc3)n2C)cc1. The van der Waals surface area contributed by atoms with Crippen LogP contribution in [0.15, 0.2) is 53.7 Å². The fourth-order valence-corrected chi connectivity index (χ4v) is 3.27. The minimum atomic E-state index is 0.762. The molecule has 0 atom stereocenters. The highest BCUT2D eigenvalue weighted by molar-refractivity contribution is 7.98. The van der Waals surface area contributed by atoms with Gasteiger partial charge < -0.3 is 9.30 Å². The van der Waals surface area contributed by atoms with Gasteiger partial charge in [-0.2, -0.15) is 0 Å². The molecular weight excluding hydrogens is 318 g/mol. The maximum atomic E-state index is 5.19. The zero-order valence-electron chi connectivity index (χ0n) is 14.2. The molecular formula is C19H21N3OS. The smallest absolute Gasteiger partial charge is 0.191 e.